The zero-order chi connectivity index (χ0) is 13.9. The van der Waals surface area contributed by atoms with Crippen LogP contribution in [0, 0.1) is 6.92 Å². The summed E-state index contributed by atoms with van der Waals surface area (Å²) in [6.07, 6.45) is 4.07. The van der Waals surface area contributed by atoms with Gasteiger partial charge in [-0.1, -0.05) is 6.07 Å². The molecule has 0 atom stereocenters. The van der Waals surface area contributed by atoms with Gasteiger partial charge in [-0.25, -0.2) is 4.98 Å². The van der Waals surface area contributed by atoms with E-state index in [1.54, 1.807) is 0 Å². The molecule has 2 aromatic heterocycles. The smallest absolute Gasteiger partial charge is 0.137 e. The standard InChI is InChI=1S/C16H17N3O/c1-12-3-8-16-18-14(10-19(16)9-12)11-20-15-6-4-13(17-2)5-7-15/h3-10,17H,11H2,1-2H3. The SMILES string of the molecule is CNc1ccc(OCc2cn3cc(C)ccc3n2)cc1. The second-order valence-electron chi connectivity index (χ2n) is 4.77. The number of hydrogen-bond acceptors (Lipinski definition) is 3. The number of aryl methyl sites for hydroxylation is 1. The molecule has 3 rings (SSSR count). The van der Waals surface area contributed by atoms with E-state index in [2.05, 4.69) is 29.5 Å². The summed E-state index contributed by atoms with van der Waals surface area (Å²) in [7, 11) is 1.90. The van der Waals surface area contributed by atoms with E-state index in [9.17, 15) is 0 Å². The molecule has 4 heteroatoms. The molecule has 0 spiro atoms. The maximum Gasteiger partial charge on any atom is 0.137 e. The van der Waals surface area contributed by atoms with Crippen molar-refractivity contribution >= 4 is 11.3 Å². The molecule has 0 fully saturated rings. The first-order valence-corrected chi connectivity index (χ1v) is 6.59. The summed E-state index contributed by atoms with van der Waals surface area (Å²) < 4.78 is 7.77. The van der Waals surface area contributed by atoms with Crippen molar-refractivity contribution in [2.45, 2.75) is 13.5 Å². The van der Waals surface area contributed by atoms with Gasteiger partial charge in [0.05, 0.1) is 5.69 Å². The first-order valence-electron chi connectivity index (χ1n) is 6.59. The number of aromatic nitrogens is 2. The average molecular weight is 267 g/mol. The van der Waals surface area contributed by atoms with Gasteiger partial charge in [0, 0.05) is 25.1 Å². The van der Waals surface area contributed by atoms with Gasteiger partial charge in [-0.3, -0.25) is 0 Å². The maximum absolute atomic E-state index is 5.75. The number of ether oxygens (including phenoxy) is 1. The van der Waals surface area contributed by atoms with Crippen LogP contribution in [0.5, 0.6) is 5.75 Å². The molecule has 3 aromatic rings. The first-order chi connectivity index (χ1) is 9.74. The maximum atomic E-state index is 5.75. The van der Waals surface area contributed by atoms with Crippen LogP contribution in [0.1, 0.15) is 11.3 Å². The van der Waals surface area contributed by atoms with Crippen molar-refractivity contribution in [1.82, 2.24) is 9.38 Å². The van der Waals surface area contributed by atoms with E-state index < -0.39 is 0 Å². The van der Waals surface area contributed by atoms with E-state index in [0.717, 1.165) is 22.8 Å². The fraction of sp³-hybridized carbons (Fsp3) is 0.188. The van der Waals surface area contributed by atoms with Gasteiger partial charge in [-0.2, -0.15) is 0 Å². The molecule has 1 N–H and O–H groups in total. The summed E-state index contributed by atoms with van der Waals surface area (Å²) in [6, 6.07) is 12.0. The summed E-state index contributed by atoms with van der Waals surface area (Å²) in [4.78, 5) is 4.53. The Bertz CT molecular complexity index is 716. The van der Waals surface area contributed by atoms with Crippen LogP contribution in [0.2, 0.25) is 0 Å². The molecule has 0 saturated heterocycles. The van der Waals surface area contributed by atoms with Crippen molar-refractivity contribution in [1.29, 1.82) is 0 Å². The predicted molar refractivity (Wildman–Crippen MR) is 80.2 cm³/mol. The van der Waals surface area contributed by atoms with Crippen molar-refractivity contribution in [3.8, 4) is 5.75 Å². The topological polar surface area (TPSA) is 38.6 Å². The molecule has 4 nitrogen and oxygen atoms in total. The molecular formula is C16H17N3O. The fourth-order valence-corrected chi connectivity index (χ4v) is 2.10. The number of fused-ring (bicyclic) bond motifs is 1. The fourth-order valence-electron chi connectivity index (χ4n) is 2.10. The Labute approximate surface area is 118 Å². The molecule has 2 heterocycles. The molecule has 102 valence electrons. The molecule has 0 bridgehead atoms. The highest BCUT2D eigenvalue weighted by atomic mass is 16.5. The second-order valence-corrected chi connectivity index (χ2v) is 4.77. The average Bonchev–Trinajstić information content (AvgIpc) is 2.87. The third-order valence-electron chi connectivity index (χ3n) is 3.18. The normalized spacial score (nSPS) is 10.7. The summed E-state index contributed by atoms with van der Waals surface area (Å²) in [5, 5.41) is 3.08. The molecular weight excluding hydrogens is 250 g/mol. The Hall–Kier alpha value is -2.49. The van der Waals surface area contributed by atoms with Crippen molar-refractivity contribution < 1.29 is 4.74 Å². The van der Waals surface area contributed by atoms with Crippen LogP contribution in [0.25, 0.3) is 5.65 Å². The van der Waals surface area contributed by atoms with Gasteiger partial charge in [-0.05, 0) is 42.8 Å². The van der Waals surface area contributed by atoms with Crippen LogP contribution in [-0.4, -0.2) is 16.4 Å². The molecule has 0 aliphatic carbocycles. The van der Waals surface area contributed by atoms with Gasteiger partial charge in [0.2, 0.25) is 0 Å². The van der Waals surface area contributed by atoms with Gasteiger partial charge in [-0.15, -0.1) is 0 Å². The van der Waals surface area contributed by atoms with Crippen molar-refractivity contribution in [3.05, 3.63) is 60.0 Å². The van der Waals surface area contributed by atoms with Crippen LogP contribution in [0.4, 0.5) is 5.69 Å². The number of rotatable bonds is 4. The lowest BCUT2D eigenvalue weighted by atomic mass is 10.3. The predicted octanol–water partition coefficient (Wildman–Crippen LogP) is 3.26. The molecule has 0 aliphatic rings. The summed E-state index contributed by atoms with van der Waals surface area (Å²) in [5.41, 5.74) is 4.15. The lowest BCUT2D eigenvalue weighted by molar-refractivity contribution is 0.302. The van der Waals surface area contributed by atoms with Gasteiger partial charge >= 0.3 is 0 Å². The zero-order valence-electron chi connectivity index (χ0n) is 11.6. The molecule has 0 amide bonds. The van der Waals surface area contributed by atoms with Gasteiger partial charge in [0.1, 0.15) is 18.0 Å². The number of pyridine rings is 1. The zero-order valence-corrected chi connectivity index (χ0v) is 11.6. The quantitative estimate of drug-likeness (QED) is 0.788. The Kier molecular flexibility index (Phi) is 3.29. The van der Waals surface area contributed by atoms with E-state index >= 15 is 0 Å². The first kappa shape index (κ1) is 12.5. The number of nitrogens with zero attached hydrogens (tertiary/aromatic N) is 2. The van der Waals surface area contributed by atoms with Crippen molar-refractivity contribution in [2.75, 3.05) is 12.4 Å². The van der Waals surface area contributed by atoms with E-state index in [4.69, 9.17) is 4.74 Å². The van der Waals surface area contributed by atoms with Gasteiger partial charge < -0.3 is 14.5 Å². The summed E-state index contributed by atoms with van der Waals surface area (Å²) in [6.45, 7) is 2.54. The number of hydrogen-bond donors (Lipinski definition) is 1. The number of anilines is 1. The largest absolute Gasteiger partial charge is 0.487 e. The van der Waals surface area contributed by atoms with Crippen LogP contribution >= 0.6 is 0 Å². The number of benzene rings is 1. The Balaban J connectivity index is 1.72. The van der Waals surface area contributed by atoms with Crippen LogP contribution in [-0.2, 0) is 6.61 Å². The lowest BCUT2D eigenvalue weighted by Gasteiger charge is -2.05. The molecule has 0 aliphatic heterocycles. The van der Waals surface area contributed by atoms with E-state index in [0.29, 0.717) is 6.61 Å². The van der Waals surface area contributed by atoms with Gasteiger partial charge in [0.15, 0.2) is 0 Å². The Morgan fingerprint density at radius 1 is 1.10 bits per heavy atom. The number of imidazole rings is 1. The van der Waals surface area contributed by atoms with E-state index in [1.165, 1.54) is 5.56 Å². The minimum Gasteiger partial charge on any atom is -0.487 e. The monoisotopic (exact) mass is 267 g/mol. The van der Waals surface area contributed by atoms with Gasteiger partial charge in [0.25, 0.3) is 0 Å². The van der Waals surface area contributed by atoms with E-state index in [-0.39, 0.29) is 0 Å². The minimum absolute atomic E-state index is 0.472. The second kappa shape index (κ2) is 5.25. The molecule has 0 unspecified atom stereocenters. The molecule has 20 heavy (non-hydrogen) atoms. The third-order valence-corrected chi connectivity index (χ3v) is 3.18. The van der Waals surface area contributed by atoms with Crippen molar-refractivity contribution in [3.63, 3.8) is 0 Å². The minimum atomic E-state index is 0.472. The molecule has 1 aromatic carbocycles. The molecule has 0 radical (unpaired) electrons. The highest BCUT2D eigenvalue weighted by molar-refractivity contribution is 5.45. The summed E-state index contributed by atoms with van der Waals surface area (Å²) >= 11 is 0. The highest BCUT2D eigenvalue weighted by Gasteiger charge is 2.02. The van der Waals surface area contributed by atoms with Crippen molar-refractivity contribution in [2.24, 2.45) is 0 Å². The van der Waals surface area contributed by atoms with E-state index in [1.807, 2.05) is 48.0 Å². The Morgan fingerprint density at radius 2 is 1.90 bits per heavy atom. The van der Waals surface area contributed by atoms with Crippen LogP contribution in [0.3, 0.4) is 0 Å². The lowest BCUT2D eigenvalue weighted by Crippen LogP contribution is -1.95. The van der Waals surface area contributed by atoms with Crippen LogP contribution in [0.15, 0.2) is 48.8 Å². The highest BCUT2D eigenvalue weighted by Crippen LogP contribution is 2.16. The molecule has 0 saturated carbocycles. The van der Waals surface area contributed by atoms with Crippen LogP contribution < -0.4 is 10.1 Å². The number of nitrogens with one attached hydrogen (secondary N) is 1. The third kappa shape index (κ3) is 2.59. The summed E-state index contributed by atoms with van der Waals surface area (Å²) in [5.74, 6) is 0.845. The Morgan fingerprint density at radius 3 is 2.65 bits per heavy atom.